The van der Waals surface area contributed by atoms with E-state index in [0.29, 0.717) is 17.2 Å². The van der Waals surface area contributed by atoms with E-state index in [-0.39, 0.29) is 0 Å². The fraction of sp³-hybridized carbons (Fsp3) is 0.333. The largest absolute Gasteiger partial charge is 0.248 e. The van der Waals surface area contributed by atoms with Crippen molar-refractivity contribution in [3.63, 3.8) is 0 Å². The van der Waals surface area contributed by atoms with Crippen LogP contribution in [-0.2, 0) is 0 Å². The molecule has 0 atom stereocenters. The van der Waals surface area contributed by atoms with Gasteiger partial charge in [0.05, 0.1) is 6.07 Å². The highest BCUT2D eigenvalue weighted by molar-refractivity contribution is 6.65. The molecule has 0 fully saturated rings. The molecule has 1 heterocycles. The van der Waals surface area contributed by atoms with Crippen LogP contribution in [0.3, 0.4) is 0 Å². The van der Waals surface area contributed by atoms with E-state index in [2.05, 4.69) is 4.99 Å². The smallest absolute Gasteiger partial charge is 0.106 e. The van der Waals surface area contributed by atoms with Crippen LogP contribution in [0.15, 0.2) is 16.8 Å². The van der Waals surface area contributed by atoms with Crippen molar-refractivity contribution in [1.29, 1.82) is 5.26 Å². The lowest BCUT2D eigenvalue weighted by Gasteiger charge is -2.00. The summed E-state index contributed by atoms with van der Waals surface area (Å²) in [5.41, 5.74) is 0.708. The molecular weight excluding hydrogens is 136 g/mol. The van der Waals surface area contributed by atoms with Crippen LogP contribution in [0.2, 0.25) is 0 Å². The zero-order chi connectivity index (χ0) is 6.69. The number of halogens is 1. The van der Waals surface area contributed by atoms with Gasteiger partial charge in [-0.15, -0.1) is 0 Å². The van der Waals surface area contributed by atoms with Gasteiger partial charge in [0.25, 0.3) is 0 Å². The van der Waals surface area contributed by atoms with Gasteiger partial charge in [0, 0.05) is 18.2 Å². The maximum absolute atomic E-state index is 8.35. The quantitative estimate of drug-likeness (QED) is 0.506. The minimum Gasteiger partial charge on any atom is -0.248 e. The molecule has 1 aliphatic heterocycles. The minimum atomic E-state index is 0.592. The van der Waals surface area contributed by atoms with Crippen molar-refractivity contribution >= 4 is 16.8 Å². The average Bonchev–Trinajstić information content (AvgIpc) is 1.90. The summed E-state index contributed by atoms with van der Waals surface area (Å²) in [7, 11) is 0. The van der Waals surface area contributed by atoms with E-state index < -0.39 is 0 Å². The molecule has 0 aliphatic carbocycles. The van der Waals surface area contributed by atoms with E-state index in [9.17, 15) is 0 Å². The average molecular weight is 141 g/mol. The van der Waals surface area contributed by atoms with E-state index in [1.807, 2.05) is 6.07 Å². The van der Waals surface area contributed by atoms with Crippen molar-refractivity contribution in [3.8, 4) is 6.07 Å². The maximum atomic E-state index is 8.35. The van der Waals surface area contributed by atoms with Gasteiger partial charge >= 0.3 is 0 Å². The number of allylic oxidation sites excluding steroid dienone is 1. The van der Waals surface area contributed by atoms with Crippen LogP contribution in [0, 0.1) is 11.3 Å². The van der Waals surface area contributed by atoms with Crippen LogP contribution in [0.1, 0.15) is 12.8 Å². The van der Waals surface area contributed by atoms with Crippen LogP contribution in [0.25, 0.3) is 0 Å². The number of hydrogen-bond donors (Lipinski definition) is 0. The van der Waals surface area contributed by atoms with Gasteiger partial charge in [-0.25, -0.2) is 4.99 Å². The van der Waals surface area contributed by atoms with Crippen molar-refractivity contribution in [3.05, 3.63) is 11.8 Å². The van der Waals surface area contributed by atoms with Gasteiger partial charge in [-0.1, -0.05) is 11.6 Å². The molecule has 1 rings (SSSR count). The van der Waals surface area contributed by atoms with Crippen LogP contribution < -0.4 is 0 Å². The minimum absolute atomic E-state index is 0.592. The topological polar surface area (TPSA) is 36.1 Å². The summed E-state index contributed by atoms with van der Waals surface area (Å²) in [6.45, 7) is 0. The third kappa shape index (κ3) is 1.55. The summed E-state index contributed by atoms with van der Waals surface area (Å²) < 4.78 is 0. The monoisotopic (exact) mass is 140 g/mol. The summed E-state index contributed by atoms with van der Waals surface area (Å²) in [5, 5.41) is 8.94. The van der Waals surface area contributed by atoms with Gasteiger partial charge in [0.2, 0.25) is 0 Å². The van der Waals surface area contributed by atoms with E-state index >= 15 is 0 Å². The molecule has 0 radical (unpaired) electrons. The van der Waals surface area contributed by atoms with E-state index in [4.69, 9.17) is 16.9 Å². The molecule has 0 N–H and O–H groups in total. The fourth-order valence-corrected chi connectivity index (χ4v) is 0.743. The summed E-state index contributed by atoms with van der Waals surface area (Å²) in [4.78, 5) is 3.78. The van der Waals surface area contributed by atoms with Gasteiger partial charge in [-0.05, 0) is 6.42 Å². The first-order valence-corrected chi connectivity index (χ1v) is 3.02. The molecule has 0 saturated carbocycles. The van der Waals surface area contributed by atoms with Crippen molar-refractivity contribution in [2.24, 2.45) is 4.99 Å². The Morgan fingerprint density at radius 3 is 2.89 bits per heavy atom. The Bertz CT molecular complexity index is 210. The van der Waals surface area contributed by atoms with E-state index in [0.717, 1.165) is 6.42 Å². The SMILES string of the molecule is N#CC1=CN=C(Cl)CC1. The zero-order valence-electron chi connectivity index (χ0n) is 4.76. The third-order valence-corrected chi connectivity index (χ3v) is 1.39. The third-order valence-electron chi connectivity index (χ3n) is 1.10. The van der Waals surface area contributed by atoms with Crippen molar-refractivity contribution in [1.82, 2.24) is 0 Å². The lowest BCUT2D eigenvalue weighted by molar-refractivity contribution is 1.03. The molecule has 0 aromatic heterocycles. The number of nitriles is 1. The highest BCUT2D eigenvalue weighted by atomic mass is 35.5. The summed E-state index contributed by atoms with van der Waals surface area (Å²) in [6, 6.07) is 2.02. The van der Waals surface area contributed by atoms with Crippen molar-refractivity contribution in [2.45, 2.75) is 12.8 Å². The van der Waals surface area contributed by atoms with Crippen molar-refractivity contribution in [2.75, 3.05) is 0 Å². The molecule has 0 spiro atoms. The Hall–Kier alpha value is -0.810. The highest BCUT2D eigenvalue weighted by Crippen LogP contribution is 2.12. The Kier molecular flexibility index (Phi) is 1.86. The number of nitrogens with zero attached hydrogens (tertiary/aromatic N) is 2. The standard InChI is InChI=1S/C6H5ClN2/c7-6-2-1-5(3-8)4-9-6/h4H,1-2H2. The molecule has 46 valence electrons. The molecule has 2 nitrogen and oxygen atoms in total. The van der Waals surface area contributed by atoms with E-state index in [1.165, 1.54) is 6.20 Å². The fourth-order valence-electron chi connectivity index (χ4n) is 0.600. The van der Waals surface area contributed by atoms with Crippen LogP contribution in [0.5, 0.6) is 0 Å². The first-order valence-electron chi connectivity index (χ1n) is 2.64. The summed E-state index contributed by atoms with van der Waals surface area (Å²) >= 11 is 5.53. The first-order chi connectivity index (χ1) is 4.33. The predicted octanol–water partition coefficient (Wildman–Crippen LogP) is 1.82. The van der Waals surface area contributed by atoms with E-state index in [1.54, 1.807) is 0 Å². The molecule has 0 unspecified atom stereocenters. The highest BCUT2D eigenvalue weighted by Gasteiger charge is 2.03. The molecule has 0 saturated heterocycles. The number of aliphatic imine (C=N–C) groups is 1. The normalized spacial score (nSPS) is 17.8. The summed E-state index contributed by atoms with van der Waals surface area (Å²) in [6.07, 6.45) is 2.96. The van der Waals surface area contributed by atoms with Gasteiger partial charge in [0.15, 0.2) is 0 Å². The van der Waals surface area contributed by atoms with Gasteiger partial charge < -0.3 is 0 Å². The van der Waals surface area contributed by atoms with Crippen LogP contribution >= 0.6 is 11.6 Å². The molecule has 0 aromatic carbocycles. The van der Waals surface area contributed by atoms with Crippen molar-refractivity contribution < 1.29 is 0 Å². The van der Waals surface area contributed by atoms with Crippen LogP contribution in [-0.4, -0.2) is 5.17 Å². The molecule has 3 heteroatoms. The molecule has 1 aliphatic rings. The second kappa shape index (κ2) is 2.65. The Morgan fingerprint density at radius 2 is 2.44 bits per heavy atom. The molecule has 0 amide bonds. The van der Waals surface area contributed by atoms with Gasteiger partial charge in [0.1, 0.15) is 5.17 Å². The zero-order valence-corrected chi connectivity index (χ0v) is 5.52. The Labute approximate surface area is 58.5 Å². The Morgan fingerprint density at radius 1 is 1.67 bits per heavy atom. The predicted molar refractivity (Wildman–Crippen MR) is 36.2 cm³/mol. The Balaban J connectivity index is 2.73. The second-order valence-electron chi connectivity index (χ2n) is 1.77. The lowest BCUT2D eigenvalue weighted by atomic mass is 10.1. The summed E-state index contributed by atoms with van der Waals surface area (Å²) in [5.74, 6) is 0. The number of rotatable bonds is 0. The molecular formula is C6H5ClN2. The number of hydrogen-bond acceptors (Lipinski definition) is 2. The van der Waals surface area contributed by atoms with Crippen LogP contribution in [0.4, 0.5) is 0 Å². The molecule has 0 aromatic rings. The maximum Gasteiger partial charge on any atom is 0.106 e. The molecule has 0 bridgehead atoms. The van der Waals surface area contributed by atoms with Gasteiger partial charge in [-0.3, -0.25) is 0 Å². The lowest BCUT2D eigenvalue weighted by Crippen LogP contribution is -1.93. The first kappa shape index (κ1) is 6.31. The van der Waals surface area contributed by atoms with Gasteiger partial charge in [-0.2, -0.15) is 5.26 Å². The molecule has 9 heavy (non-hydrogen) atoms. The second-order valence-corrected chi connectivity index (χ2v) is 2.21.